The third kappa shape index (κ3) is 4.50. The molecular formula is C26H27N5O2. The zero-order valence-corrected chi connectivity index (χ0v) is 19.1. The Morgan fingerprint density at radius 2 is 1.85 bits per heavy atom. The molecule has 0 amide bonds. The Balaban J connectivity index is 1.45. The van der Waals surface area contributed by atoms with E-state index in [0.29, 0.717) is 17.1 Å². The molecule has 5 rings (SSSR count). The average molecular weight is 442 g/mol. The first-order valence-electron chi connectivity index (χ1n) is 11.2. The molecule has 0 spiro atoms. The maximum Gasteiger partial charge on any atom is 0.250 e. The predicted molar refractivity (Wildman–Crippen MR) is 128 cm³/mol. The molecule has 7 heteroatoms. The molecule has 0 unspecified atom stereocenters. The topological polar surface area (TPSA) is 85.8 Å². The monoisotopic (exact) mass is 441 g/mol. The molecule has 4 aromatic rings. The Bertz CT molecular complexity index is 1350. The maximum atomic E-state index is 12.3. The van der Waals surface area contributed by atoms with Crippen LogP contribution in [0.25, 0.3) is 34.0 Å². The fourth-order valence-corrected chi connectivity index (χ4v) is 3.93. The fourth-order valence-electron chi connectivity index (χ4n) is 3.93. The van der Waals surface area contributed by atoms with Crippen molar-refractivity contribution < 1.29 is 4.52 Å². The number of hydrogen-bond acceptors (Lipinski definition) is 6. The molecule has 168 valence electrons. The first-order chi connectivity index (χ1) is 15.9. The molecule has 0 aliphatic heterocycles. The van der Waals surface area contributed by atoms with E-state index >= 15 is 0 Å². The van der Waals surface area contributed by atoms with Crippen LogP contribution < -0.4 is 10.9 Å². The van der Waals surface area contributed by atoms with Crippen molar-refractivity contribution in [2.75, 3.05) is 7.05 Å². The molecular weight excluding hydrogens is 414 g/mol. The van der Waals surface area contributed by atoms with Crippen molar-refractivity contribution in [3.8, 4) is 34.0 Å². The maximum absolute atomic E-state index is 12.3. The van der Waals surface area contributed by atoms with Crippen molar-refractivity contribution in [1.29, 1.82) is 0 Å². The fraction of sp³-hybridized carbons (Fsp3) is 0.308. The van der Waals surface area contributed by atoms with Crippen LogP contribution in [-0.4, -0.2) is 26.7 Å². The molecule has 1 aromatic carbocycles. The summed E-state index contributed by atoms with van der Waals surface area (Å²) in [5.74, 6) is 0.565. The first-order valence-corrected chi connectivity index (χ1v) is 11.2. The molecule has 0 saturated heterocycles. The van der Waals surface area contributed by atoms with Crippen molar-refractivity contribution in [3.05, 3.63) is 76.5 Å². The van der Waals surface area contributed by atoms with Crippen molar-refractivity contribution in [3.63, 3.8) is 0 Å². The Labute approximate surface area is 192 Å². The minimum Gasteiger partial charge on any atom is -0.354 e. The van der Waals surface area contributed by atoms with Gasteiger partial charge < -0.3 is 14.4 Å². The summed E-state index contributed by atoms with van der Waals surface area (Å²) >= 11 is 0. The van der Waals surface area contributed by atoms with E-state index in [1.54, 1.807) is 22.9 Å². The first kappa shape index (κ1) is 21.3. The third-order valence-electron chi connectivity index (χ3n) is 6.26. The summed E-state index contributed by atoms with van der Waals surface area (Å²) in [7, 11) is 1.93. The number of rotatable bonds is 7. The zero-order chi connectivity index (χ0) is 23.0. The smallest absolute Gasteiger partial charge is 0.250 e. The van der Waals surface area contributed by atoms with Gasteiger partial charge in [0.1, 0.15) is 11.4 Å². The summed E-state index contributed by atoms with van der Waals surface area (Å²) in [5.41, 5.74) is 6.12. The second-order valence-electron chi connectivity index (χ2n) is 9.19. The Kier molecular flexibility index (Phi) is 5.42. The molecule has 1 aliphatic rings. The number of nitrogens with one attached hydrogen (secondary N) is 1. The van der Waals surface area contributed by atoms with Gasteiger partial charge in [-0.25, -0.2) is 4.98 Å². The predicted octanol–water partition coefficient (Wildman–Crippen LogP) is 4.46. The minimum atomic E-state index is 0.00721. The molecule has 1 aliphatic carbocycles. The summed E-state index contributed by atoms with van der Waals surface area (Å²) in [5, 5.41) is 7.40. The quantitative estimate of drug-likeness (QED) is 0.456. The lowest BCUT2D eigenvalue weighted by atomic mass is 10.1. The van der Waals surface area contributed by atoms with Crippen LogP contribution >= 0.6 is 0 Å². The van der Waals surface area contributed by atoms with E-state index < -0.39 is 0 Å². The summed E-state index contributed by atoms with van der Waals surface area (Å²) in [6.45, 7) is 5.66. The van der Waals surface area contributed by atoms with Crippen molar-refractivity contribution in [2.45, 2.75) is 39.8 Å². The van der Waals surface area contributed by atoms with E-state index in [-0.39, 0.29) is 11.0 Å². The Morgan fingerprint density at radius 1 is 1.09 bits per heavy atom. The van der Waals surface area contributed by atoms with Gasteiger partial charge in [-0.2, -0.15) is 0 Å². The highest BCUT2D eigenvalue weighted by Crippen LogP contribution is 2.46. The molecule has 0 atom stereocenters. The van der Waals surface area contributed by atoms with Crippen molar-refractivity contribution >= 4 is 0 Å². The summed E-state index contributed by atoms with van der Waals surface area (Å²) in [6, 6.07) is 13.5. The number of aromatic nitrogens is 4. The molecule has 3 aromatic heterocycles. The van der Waals surface area contributed by atoms with E-state index in [0.717, 1.165) is 48.4 Å². The highest BCUT2D eigenvalue weighted by atomic mass is 16.5. The van der Waals surface area contributed by atoms with Gasteiger partial charge in [0.05, 0.1) is 17.6 Å². The number of hydrogen-bond donors (Lipinski definition) is 1. The van der Waals surface area contributed by atoms with E-state index in [4.69, 9.17) is 9.51 Å². The van der Waals surface area contributed by atoms with Gasteiger partial charge in [0.2, 0.25) is 0 Å². The van der Waals surface area contributed by atoms with Gasteiger partial charge in [0, 0.05) is 42.5 Å². The van der Waals surface area contributed by atoms with E-state index in [1.165, 1.54) is 5.56 Å². The molecule has 3 heterocycles. The van der Waals surface area contributed by atoms with Crippen LogP contribution in [0.3, 0.4) is 0 Å². The summed E-state index contributed by atoms with van der Waals surface area (Å²) in [6.07, 6.45) is 5.93. The molecule has 0 radical (unpaired) electrons. The molecule has 7 nitrogen and oxygen atoms in total. The second kappa shape index (κ2) is 8.41. The molecule has 1 saturated carbocycles. The molecule has 1 N–H and O–H groups in total. The lowest BCUT2D eigenvalue weighted by molar-refractivity contribution is 0.433. The Hall–Kier alpha value is -3.58. The Morgan fingerprint density at radius 3 is 2.58 bits per heavy atom. The summed E-state index contributed by atoms with van der Waals surface area (Å²) in [4.78, 5) is 21.7. The number of aryl methyl sites for hydroxylation is 1. The van der Waals surface area contributed by atoms with Gasteiger partial charge in [-0.05, 0) is 43.9 Å². The minimum absolute atomic E-state index is 0.00721. The second-order valence-corrected chi connectivity index (χ2v) is 9.19. The van der Waals surface area contributed by atoms with Crippen LogP contribution in [0.4, 0.5) is 0 Å². The average Bonchev–Trinajstić information content (AvgIpc) is 3.33. The highest BCUT2D eigenvalue weighted by molar-refractivity contribution is 5.68. The lowest BCUT2D eigenvalue weighted by Crippen LogP contribution is -2.22. The van der Waals surface area contributed by atoms with Crippen LogP contribution in [0.1, 0.15) is 31.0 Å². The van der Waals surface area contributed by atoms with Crippen LogP contribution in [0, 0.1) is 12.3 Å². The van der Waals surface area contributed by atoms with Gasteiger partial charge in [-0.15, -0.1) is 0 Å². The van der Waals surface area contributed by atoms with Crippen molar-refractivity contribution in [2.24, 2.45) is 5.41 Å². The molecule has 33 heavy (non-hydrogen) atoms. The summed E-state index contributed by atoms with van der Waals surface area (Å²) < 4.78 is 7.44. The van der Waals surface area contributed by atoms with Gasteiger partial charge in [-0.3, -0.25) is 9.78 Å². The van der Waals surface area contributed by atoms with E-state index in [2.05, 4.69) is 34.5 Å². The molecule has 1 fully saturated rings. The van der Waals surface area contributed by atoms with Gasteiger partial charge in [0.25, 0.3) is 5.56 Å². The van der Waals surface area contributed by atoms with Gasteiger partial charge in [-0.1, -0.05) is 36.3 Å². The van der Waals surface area contributed by atoms with Crippen molar-refractivity contribution in [1.82, 2.24) is 25.0 Å². The largest absolute Gasteiger partial charge is 0.354 e. The van der Waals surface area contributed by atoms with Crippen LogP contribution in [0.15, 0.2) is 64.2 Å². The van der Waals surface area contributed by atoms with Crippen LogP contribution in [0.5, 0.6) is 0 Å². The van der Waals surface area contributed by atoms with Gasteiger partial charge in [0.15, 0.2) is 5.76 Å². The van der Waals surface area contributed by atoms with Gasteiger partial charge >= 0.3 is 0 Å². The normalized spacial score (nSPS) is 14.4. The number of pyridine rings is 1. The van der Waals surface area contributed by atoms with Crippen LogP contribution in [0.2, 0.25) is 0 Å². The van der Waals surface area contributed by atoms with Crippen LogP contribution in [-0.2, 0) is 13.1 Å². The SMILES string of the molecule is CNCc1ccc(-c2cc(-c3nc(-c4ccc(=O)n(CC5(C)CC5)c4)cnc3C)on2)cc1. The lowest BCUT2D eigenvalue weighted by Gasteiger charge is -2.12. The highest BCUT2D eigenvalue weighted by Gasteiger charge is 2.37. The third-order valence-corrected chi connectivity index (χ3v) is 6.26. The van der Waals surface area contributed by atoms with E-state index in [9.17, 15) is 4.79 Å². The zero-order valence-electron chi connectivity index (χ0n) is 19.1. The molecule has 0 bridgehead atoms. The van der Waals surface area contributed by atoms with E-state index in [1.807, 2.05) is 38.4 Å². The number of benzene rings is 1. The number of nitrogens with zero attached hydrogens (tertiary/aromatic N) is 4. The standard InChI is InChI=1S/C26H27N5O2/c1-17-25(23-12-21(30-33-23)19-6-4-18(5-7-19)13-27-3)29-22(14-28-17)20-8-9-24(32)31(15-20)16-26(2)10-11-26/h4-9,12,14-15,27H,10-11,13,16H2,1-3H3.